The number of ether oxygens (including phenoxy) is 1. The molecule has 0 bridgehead atoms. The van der Waals surface area contributed by atoms with Crippen LogP contribution < -0.4 is 4.74 Å². The molecule has 0 saturated carbocycles. The molecule has 186 valence electrons. The van der Waals surface area contributed by atoms with Crippen molar-refractivity contribution >= 4 is 23.0 Å². The molecule has 2 aromatic carbocycles. The highest BCUT2D eigenvalue weighted by atomic mass is 32.1. The summed E-state index contributed by atoms with van der Waals surface area (Å²) >= 11 is 1.34. The number of halogens is 3. The van der Waals surface area contributed by atoms with E-state index in [2.05, 4.69) is 10.1 Å². The molecule has 1 atom stereocenters. The molecule has 1 aromatic heterocycles. The van der Waals surface area contributed by atoms with Crippen LogP contribution >= 0.6 is 11.3 Å². The monoisotopic (exact) mass is 506 g/mol. The van der Waals surface area contributed by atoms with E-state index in [1.807, 2.05) is 19.9 Å². The Morgan fingerprint density at radius 3 is 2.43 bits per heavy atom. The number of nitrogens with zero attached hydrogens (tertiary/aromatic N) is 2. The Morgan fingerprint density at radius 2 is 1.86 bits per heavy atom. The maximum absolute atomic E-state index is 12.8. The molecule has 0 aliphatic rings. The second-order valence-corrected chi connectivity index (χ2v) is 8.97. The third kappa shape index (κ3) is 6.60. The van der Waals surface area contributed by atoms with E-state index in [0.717, 1.165) is 33.8 Å². The molecule has 3 aromatic rings. The fourth-order valence-electron chi connectivity index (χ4n) is 3.20. The topological polar surface area (TPSA) is 81.0 Å². The van der Waals surface area contributed by atoms with E-state index in [1.165, 1.54) is 23.5 Å². The third-order valence-electron chi connectivity index (χ3n) is 5.26. The highest BCUT2D eigenvalue weighted by molar-refractivity contribution is 7.15. The first-order chi connectivity index (χ1) is 16.5. The lowest BCUT2D eigenvalue weighted by Crippen LogP contribution is -2.26. The average molecular weight is 507 g/mol. The number of oxime groups is 1. The van der Waals surface area contributed by atoms with Crippen LogP contribution in [0.2, 0.25) is 0 Å². The maximum Gasteiger partial charge on any atom is 0.416 e. The number of carbonyl (C=O) groups is 1. The molecule has 3 rings (SSSR count). The van der Waals surface area contributed by atoms with Crippen LogP contribution in [0.25, 0.3) is 10.6 Å². The van der Waals surface area contributed by atoms with Crippen molar-refractivity contribution in [3.8, 4) is 16.3 Å². The molecule has 0 saturated heterocycles. The molecule has 35 heavy (non-hydrogen) atoms. The second-order valence-electron chi connectivity index (χ2n) is 7.89. The number of rotatable bonds is 9. The number of aromatic nitrogens is 1. The van der Waals surface area contributed by atoms with E-state index in [4.69, 9.17) is 9.57 Å². The van der Waals surface area contributed by atoms with Crippen molar-refractivity contribution in [2.24, 2.45) is 5.16 Å². The predicted octanol–water partition coefficient (Wildman–Crippen LogP) is 6.63. The Balaban J connectivity index is 1.66. The normalized spacial score (nSPS) is 12.9. The van der Waals surface area contributed by atoms with Crippen LogP contribution in [0.4, 0.5) is 13.2 Å². The van der Waals surface area contributed by atoms with Crippen LogP contribution in [0.15, 0.2) is 47.6 Å². The number of thiazole rings is 1. The summed E-state index contributed by atoms with van der Waals surface area (Å²) in [5.41, 5.74) is 2.81. The van der Waals surface area contributed by atoms with Crippen molar-refractivity contribution in [3.05, 3.63) is 69.7 Å². The van der Waals surface area contributed by atoms with Gasteiger partial charge in [-0.2, -0.15) is 13.2 Å². The third-order valence-corrected chi connectivity index (χ3v) is 6.44. The van der Waals surface area contributed by atoms with Gasteiger partial charge in [0.15, 0.2) is 12.7 Å². The van der Waals surface area contributed by atoms with E-state index in [-0.39, 0.29) is 6.61 Å². The van der Waals surface area contributed by atoms with Crippen LogP contribution in [0.5, 0.6) is 5.75 Å². The smallest absolute Gasteiger partial charge is 0.416 e. The average Bonchev–Trinajstić information content (AvgIpc) is 3.17. The van der Waals surface area contributed by atoms with Crippen molar-refractivity contribution < 1.29 is 32.6 Å². The number of aliphatic carboxylic acids is 1. The van der Waals surface area contributed by atoms with Gasteiger partial charge < -0.3 is 14.7 Å². The van der Waals surface area contributed by atoms with E-state index in [0.29, 0.717) is 28.5 Å². The Bertz CT molecular complexity index is 1220. The van der Waals surface area contributed by atoms with E-state index >= 15 is 0 Å². The van der Waals surface area contributed by atoms with E-state index in [9.17, 15) is 23.1 Å². The summed E-state index contributed by atoms with van der Waals surface area (Å²) in [7, 11) is 0. The standard InChI is InChI=1S/C25H25F3N2O4S/c1-5-20(24(31)32)34-21-11-8-18(12-14(21)2)15(3)30-33-13-22-16(4)29-23(35-22)17-6-9-19(10-7-17)25(26,27)28/h6-12,20H,5,13H2,1-4H3,(H,31,32)/b30-15+. The summed E-state index contributed by atoms with van der Waals surface area (Å²) in [5.74, 6) is -0.519. The largest absolute Gasteiger partial charge is 0.479 e. The molecule has 1 heterocycles. The number of benzene rings is 2. The number of hydrogen-bond donors (Lipinski definition) is 1. The lowest BCUT2D eigenvalue weighted by atomic mass is 10.1. The zero-order valence-corrected chi connectivity index (χ0v) is 20.5. The van der Waals surface area contributed by atoms with Gasteiger partial charge in [-0.3, -0.25) is 0 Å². The first-order valence-electron chi connectivity index (χ1n) is 10.8. The molecular weight excluding hydrogens is 481 g/mol. The van der Waals surface area contributed by atoms with Gasteiger partial charge in [-0.1, -0.05) is 24.2 Å². The van der Waals surface area contributed by atoms with Crippen LogP contribution in [-0.2, 0) is 22.4 Å². The van der Waals surface area contributed by atoms with Gasteiger partial charge in [-0.25, -0.2) is 9.78 Å². The number of carboxylic acids is 1. The molecule has 0 amide bonds. The van der Waals surface area contributed by atoms with Gasteiger partial charge in [-0.05, 0) is 68.7 Å². The van der Waals surface area contributed by atoms with Crippen molar-refractivity contribution in [2.45, 2.75) is 53.0 Å². The Kier molecular flexibility index (Phi) is 8.16. The van der Waals surface area contributed by atoms with Crippen molar-refractivity contribution in [2.75, 3.05) is 0 Å². The molecule has 1 unspecified atom stereocenters. The zero-order valence-electron chi connectivity index (χ0n) is 19.6. The molecule has 0 aliphatic carbocycles. The summed E-state index contributed by atoms with van der Waals surface area (Å²) in [6.45, 7) is 7.33. The van der Waals surface area contributed by atoms with Gasteiger partial charge in [0.2, 0.25) is 0 Å². The Labute approximate surface area is 205 Å². The number of alkyl halides is 3. The fourth-order valence-corrected chi connectivity index (χ4v) is 4.17. The minimum atomic E-state index is -4.38. The second kappa shape index (κ2) is 10.9. The molecular formula is C25H25F3N2O4S. The van der Waals surface area contributed by atoms with Gasteiger partial charge in [0, 0.05) is 5.56 Å². The summed E-state index contributed by atoms with van der Waals surface area (Å²) in [6.07, 6.45) is -4.94. The predicted molar refractivity (Wildman–Crippen MR) is 128 cm³/mol. The quantitative estimate of drug-likeness (QED) is 0.260. The summed E-state index contributed by atoms with van der Waals surface area (Å²) in [6, 6.07) is 10.2. The first kappa shape index (κ1) is 26.2. The van der Waals surface area contributed by atoms with Gasteiger partial charge >= 0.3 is 12.1 Å². The highest BCUT2D eigenvalue weighted by Crippen LogP contribution is 2.33. The van der Waals surface area contributed by atoms with E-state index < -0.39 is 23.8 Å². The van der Waals surface area contributed by atoms with Gasteiger partial charge in [0.05, 0.1) is 21.8 Å². The van der Waals surface area contributed by atoms with Crippen LogP contribution in [-0.4, -0.2) is 27.9 Å². The van der Waals surface area contributed by atoms with E-state index in [1.54, 1.807) is 26.0 Å². The van der Waals surface area contributed by atoms with Gasteiger partial charge in [-0.15, -0.1) is 11.3 Å². The number of carboxylic acid groups (broad SMARTS) is 1. The van der Waals surface area contributed by atoms with Crippen molar-refractivity contribution in [1.82, 2.24) is 4.98 Å². The molecule has 10 heteroatoms. The molecule has 1 N–H and O–H groups in total. The molecule has 0 aliphatic heterocycles. The Morgan fingerprint density at radius 1 is 1.17 bits per heavy atom. The summed E-state index contributed by atoms with van der Waals surface area (Å²) in [4.78, 5) is 22.0. The fraction of sp³-hybridized carbons (Fsp3) is 0.320. The SMILES string of the molecule is CCC(Oc1ccc(/C(C)=N/OCc2sc(-c3ccc(C(F)(F)F)cc3)nc2C)cc1C)C(=O)O. The summed E-state index contributed by atoms with van der Waals surface area (Å²) in [5, 5.41) is 13.9. The summed E-state index contributed by atoms with van der Waals surface area (Å²) < 4.78 is 43.9. The van der Waals surface area contributed by atoms with Crippen LogP contribution in [0.1, 0.15) is 47.5 Å². The molecule has 0 radical (unpaired) electrons. The molecule has 6 nitrogen and oxygen atoms in total. The lowest BCUT2D eigenvalue weighted by Gasteiger charge is -2.15. The maximum atomic E-state index is 12.8. The first-order valence-corrected chi connectivity index (χ1v) is 11.6. The zero-order chi connectivity index (χ0) is 25.8. The van der Waals surface area contributed by atoms with Crippen LogP contribution in [0, 0.1) is 13.8 Å². The Hall–Kier alpha value is -3.40. The number of aryl methyl sites for hydroxylation is 2. The highest BCUT2D eigenvalue weighted by Gasteiger charge is 2.30. The molecule has 0 fully saturated rings. The van der Waals surface area contributed by atoms with Crippen LogP contribution in [0.3, 0.4) is 0 Å². The minimum absolute atomic E-state index is 0.165. The lowest BCUT2D eigenvalue weighted by molar-refractivity contribution is -0.145. The van der Waals surface area contributed by atoms with Crippen molar-refractivity contribution in [1.29, 1.82) is 0 Å². The van der Waals surface area contributed by atoms with Gasteiger partial charge in [0.25, 0.3) is 0 Å². The number of hydrogen-bond acceptors (Lipinski definition) is 6. The molecule has 0 spiro atoms. The minimum Gasteiger partial charge on any atom is -0.479 e. The van der Waals surface area contributed by atoms with Gasteiger partial charge in [0.1, 0.15) is 10.8 Å². The van der Waals surface area contributed by atoms with Crippen molar-refractivity contribution in [3.63, 3.8) is 0 Å².